The molecule has 3 rings (SSSR count). The Bertz CT molecular complexity index is 801. The number of pyridine rings is 1. The van der Waals surface area contributed by atoms with Crippen molar-refractivity contribution in [1.29, 1.82) is 0 Å². The van der Waals surface area contributed by atoms with Crippen molar-refractivity contribution >= 4 is 21.7 Å². The molecule has 0 aliphatic heterocycles. The van der Waals surface area contributed by atoms with Crippen molar-refractivity contribution < 1.29 is 18.8 Å². The number of ether oxygens (including phenoxy) is 1. The number of fused-ring (bicyclic) bond motifs is 3. The van der Waals surface area contributed by atoms with E-state index in [0.717, 1.165) is 27.4 Å². The summed E-state index contributed by atoms with van der Waals surface area (Å²) in [5.41, 5.74) is 0.905. The Kier molecular flexibility index (Phi) is 3.71. The lowest BCUT2D eigenvalue weighted by Crippen LogP contribution is -2.36. The predicted octanol–water partition coefficient (Wildman–Crippen LogP) is 2.81. The number of nitrogens with zero attached hydrogens (tertiary/aromatic N) is 1. The average molecular weight is 286 g/mol. The molecule has 0 bridgehead atoms. The lowest BCUT2D eigenvalue weighted by Gasteiger charge is -2.07. The van der Waals surface area contributed by atoms with Crippen LogP contribution in [0.3, 0.4) is 0 Å². The maximum atomic E-state index is 13.6. The zero-order chi connectivity index (χ0) is 14.8. The molecule has 0 aliphatic carbocycles. The summed E-state index contributed by atoms with van der Waals surface area (Å²) < 4.78 is 21.1. The van der Waals surface area contributed by atoms with Crippen molar-refractivity contribution in [2.75, 3.05) is 13.2 Å². The number of hydrogen-bond acceptors (Lipinski definition) is 2. The van der Waals surface area contributed by atoms with E-state index in [1.54, 1.807) is 6.07 Å². The monoisotopic (exact) mass is 286 g/mol. The summed E-state index contributed by atoms with van der Waals surface area (Å²) in [5.74, 6) is 0.524. The molecule has 0 saturated heterocycles. The minimum Gasteiger partial charge on any atom is -0.494 e. The van der Waals surface area contributed by atoms with Crippen LogP contribution >= 0.6 is 0 Å². The zero-order valence-corrected chi connectivity index (χ0v) is 11.8. The average Bonchev–Trinajstić information content (AvgIpc) is 2.47. The first kappa shape index (κ1) is 13.8. The van der Waals surface area contributed by atoms with E-state index in [4.69, 9.17) is 4.74 Å². The van der Waals surface area contributed by atoms with Gasteiger partial charge < -0.3 is 9.84 Å². The van der Waals surface area contributed by atoms with E-state index in [-0.39, 0.29) is 12.4 Å². The SMILES string of the molecule is CCOc1ccc2c(c1)c[n+](CCO)c1ccc(F)cc21. The molecule has 0 atom stereocenters. The third kappa shape index (κ3) is 2.54. The summed E-state index contributed by atoms with van der Waals surface area (Å²) in [6, 6.07) is 10.5. The molecule has 3 aromatic rings. The van der Waals surface area contributed by atoms with Crippen molar-refractivity contribution in [3.8, 4) is 5.75 Å². The molecule has 0 aliphatic rings. The van der Waals surface area contributed by atoms with Crippen LogP contribution in [0.1, 0.15) is 6.92 Å². The van der Waals surface area contributed by atoms with Crippen molar-refractivity contribution in [3.05, 3.63) is 48.4 Å². The topological polar surface area (TPSA) is 33.3 Å². The number of benzene rings is 2. The first-order valence-corrected chi connectivity index (χ1v) is 7.02. The summed E-state index contributed by atoms with van der Waals surface area (Å²) in [7, 11) is 0. The van der Waals surface area contributed by atoms with Gasteiger partial charge in [0.25, 0.3) is 0 Å². The number of hydrogen-bond donors (Lipinski definition) is 1. The van der Waals surface area contributed by atoms with Crippen molar-refractivity contribution in [2.24, 2.45) is 0 Å². The Labute approximate surface area is 122 Å². The lowest BCUT2D eigenvalue weighted by molar-refractivity contribution is -0.671. The standard InChI is InChI=1S/C17H17FNO2/c1-2-21-14-4-5-15-12(9-14)11-19(7-8-20)17-6-3-13(18)10-16(15)17/h3-6,9-11,20H,2,7-8H2,1H3/q+1. The van der Waals surface area contributed by atoms with Gasteiger partial charge >= 0.3 is 0 Å². The first-order valence-electron chi connectivity index (χ1n) is 7.02. The summed E-state index contributed by atoms with van der Waals surface area (Å²) in [6.45, 7) is 3.04. The van der Waals surface area contributed by atoms with Gasteiger partial charge in [0.15, 0.2) is 12.7 Å². The molecular weight excluding hydrogens is 269 g/mol. The van der Waals surface area contributed by atoms with Crippen molar-refractivity contribution in [1.82, 2.24) is 0 Å². The normalized spacial score (nSPS) is 11.2. The van der Waals surface area contributed by atoms with Crippen LogP contribution in [0.25, 0.3) is 21.7 Å². The van der Waals surface area contributed by atoms with E-state index in [1.807, 2.05) is 35.9 Å². The van der Waals surface area contributed by atoms with Gasteiger partial charge in [0.2, 0.25) is 5.52 Å². The van der Waals surface area contributed by atoms with Gasteiger partial charge in [0.05, 0.1) is 17.4 Å². The lowest BCUT2D eigenvalue weighted by atomic mass is 10.1. The number of halogens is 1. The summed E-state index contributed by atoms with van der Waals surface area (Å²) >= 11 is 0. The second kappa shape index (κ2) is 5.66. The molecule has 2 aromatic carbocycles. The van der Waals surface area contributed by atoms with Gasteiger partial charge in [0.1, 0.15) is 18.2 Å². The molecule has 1 N–H and O–H groups in total. The minimum atomic E-state index is -0.264. The molecule has 1 heterocycles. The zero-order valence-electron chi connectivity index (χ0n) is 11.8. The van der Waals surface area contributed by atoms with Crippen molar-refractivity contribution in [2.45, 2.75) is 13.5 Å². The van der Waals surface area contributed by atoms with Crippen LogP contribution in [0.15, 0.2) is 42.6 Å². The third-order valence-corrected chi connectivity index (χ3v) is 3.53. The number of aliphatic hydroxyl groups excluding tert-OH is 1. The summed E-state index contributed by atoms with van der Waals surface area (Å²) in [4.78, 5) is 0. The van der Waals surface area contributed by atoms with Crippen molar-refractivity contribution in [3.63, 3.8) is 0 Å². The van der Waals surface area contributed by atoms with E-state index in [2.05, 4.69) is 0 Å². The predicted molar refractivity (Wildman–Crippen MR) is 79.9 cm³/mol. The minimum absolute atomic E-state index is 0.0355. The highest BCUT2D eigenvalue weighted by molar-refractivity contribution is 6.04. The Morgan fingerprint density at radius 3 is 2.76 bits per heavy atom. The van der Waals surface area contributed by atoms with Crippen LogP contribution in [-0.4, -0.2) is 18.3 Å². The molecule has 0 unspecified atom stereocenters. The third-order valence-electron chi connectivity index (χ3n) is 3.53. The highest BCUT2D eigenvalue weighted by Crippen LogP contribution is 2.26. The molecular formula is C17H17FNO2+. The van der Waals surface area contributed by atoms with Gasteiger partial charge in [-0.1, -0.05) is 0 Å². The molecule has 21 heavy (non-hydrogen) atoms. The molecule has 0 saturated carbocycles. The van der Waals surface area contributed by atoms with E-state index in [0.29, 0.717) is 13.2 Å². The smallest absolute Gasteiger partial charge is 0.213 e. The fraction of sp³-hybridized carbons (Fsp3) is 0.235. The highest BCUT2D eigenvalue weighted by atomic mass is 19.1. The second-order valence-corrected chi connectivity index (χ2v) is 4.89. The van der Waals surface area contributed by atoms with Crippen LogP contribution in [0.2, 0.25) is 0 Å². The van der Waals surface area contributed by atoms with E-state index < -0.39 is 0 Å². The number of rotatable bonds is 4. The number of aromatic nitrogens is 1. The Hall–Kier alpha value is -2.20. The van der Waals surface area contributed by atoms with Gasteiger partial charge in [-0.15, -0.1) is 0 Å². The van der Waals surface area contributed by atoms with Crippen LogP contribution in [0.5, 0.6) is 5.75 Å². The van der Waals surface area contributed by atoms with Crippen LogP contribution in [0, 0.1) is 5.82 Å². The van der Waals surface area contributed by atoms with Gasteiger partial charge in [-0.3, -0.25) is 0 Å². The first-order chi connectivity index (χ1) is 10.2. The summed E-state index contributed by atoms with van der Waals surface area (Å²) in [6.07, 6.45) is 1.97. The highest BCUT2D eigenvalue weighted by Gasteiger charge is 2.14. The maximum absolute atomic E-state index is 13.6. The van der Waals surface area contributed by atoms with E-state index in [1.165, 1.54) is 12.1 Å². The fourth-order valence-electron chi connectivity index (χ4n) is 2.65. The van der Waals surface area contributed by atoms with Gasteiger partial charge in [-0.25, -0.2) is 4.39 Å². The molecule has 4 heteroatoms. The maximum Gasteiger partial charge on any atom is 0.213 e. The molecule has 108 valence electrons. The molecule has 1 aromatic heterocycles. The Morgan fingerprint density at radius 2 is 2.00 bits per heavy atom. The molecule has 0 amide bonds. The van der Waals surface area contributed by atoms with E-state index >= 15 is 0 Å². The van der Waals surface area contributed by atoms with Gasteiger partial charge in [-0.05, 0) is 37.3 Å². The van der Waals surface area contributed by atoms with Crippen LogP contribution in [0.4, 0.5) is 4.39 Å². The van der Waals surface area contributed by atoms with Gasteiger partial charge in [-0.2, -0.15) is 4.57 Å². The molecule has 0 spiro atoms. The molecule has 0 radical (unpaired) electrons. The molecule has 3 nitrogen and oxygen atoms in total. The Morgan fingerprint density at radius 1 is 1.14 bits per heavy atom. The summed E-state index contributed by atoms with van der Waals surface area (Å²) in [5, 5.41) is 12.0. The second-order valence-electron chi connectivity index (χ2n) is 4.89. The molecule has 0 fully saturated rings. The fourth-order valence-corrected chi connectivity index (χ4v) is 2.65. The quantitative estimate of drug-likeness (QED) is 0.591. The van der Waals surface area contributed by atoms with Crippen LogP contribution < -0.4 is 9.30 Å². The van der Waals surface area contributed by atoms with E-state index in [9.17, 15) is 9.50 Å². The largest absolute Gasteiger partial charge is 0.494 e. The number of aliphatic hydroxyl groups is 1. The van der Waals surface area contributed by atoms with Crippen LogP contribution in [-0.2, 0) is 6.54 Å². The Balaban J connectivity index is 2.32. The van der Waals surface area contributed by atoms with Gasteiger partial charge in [0, 0.05) is 11.5 Å².